The summed E-state index contributed by atoms with van der Waals surface area (Å²) < 4.78 is 2.41. The van der Waals surface area contributed by atoms with Crippen LogP contribution < -0.4 is 16.8 Å². The Morgan fingerprint density at radius 3 is 2.90 bits per heavy atom. The molecular weight excluding hydrogens is 334 g/mol. The molecule has 0 spiro atoms. The number of nitrogens with one attached hydrogen (secondary N) is 1. The molecule has 0 saturated heterocycles. The lowest BCUT2D eigenvalue weighted by atomic mass is 10.2. The number of hydrazine groups is 1. The molecule has 2 heterocycles. The van der Waals surface area contributed by atoms with Crippen molar-refractivity contribution in [2.75, 3.05) is 5.43 Å². The first-order valence-electron chi connectivity index (χ1n) is 6.23. The minimum atomic E-state index is -0.0830. The van der Waals surface area contributed by atoms with E-state index in [1.165, 1.54) is 0 Å². The topological polar surface area (TPSA) is 85.8 Å². The molecule has 0 aliphatic heterocycles. The molecule has 1 aromatic carbocycles. The number of fused-ring (bicyclic) bond motifs is 1. The first-order valence-corrected chi connectivity index (χ1v) is 7.03. The normalized spacial score (nSPS) is 10.8. The monoisotopic (exact) mass is 345 g/mol. The van der Waals surface area contributed by atoms with Gasteiger partial charge in [0, 0.05) is 10.7 Å². The molecule has 0 aliphatic carbocycles. The largest absolute Gasteiger partial charge is 0.308 e. The first-order chi connectivity index (χ1) is 10.2. The van der Waals surface area contributed by atoms with Crippen LogP contribution in [-0.2, 0) is 6.54 Å². The van der Waals surface area contributed by atoms with Crippen molar-refractivity contribution in [3.8, 4) is 0 Å². The van der Waals surface area contributed by atoms with Gasteiger partial charge in [-0.3, -0.25) is 9.36 Å². The van der Waals surface area contributed by atoms with Gasteiger partial charge in [0.25, 0.3) is 5.56 Å². The van der Waals surface area contributed by atoms with Crippen LogP contribution in [-0.4, -0.2) is 14.5 Å². The van der Waals surface area contributed by atoms with Gasteiger partial charge in [-0.15, -0.1) is 0 Å². The Balaban J connectivity index is 2.04. The number of benzene rings is 1. The number of nitrogen functional groups attached to an aromatic ring is 1. The Hall–Kier alpha value is -2.25. The number of hydrogen-bond acceptors (Lipinski definition) is 5. The average molecular weight is 346 g/mol. The third kappa shape index (κ3) is 2.79. The predicted octanol–water partition coefficient (Wildman–Crippen LogP) is 1.89. The number of pyridine rings is 1. The zero-order valence-corrected chi connectivity index (χ0v) is 12.5. The zero-order valence-electron chi connectivity index (χ0n) is 11.0. The quantitative estimate of drug-likeness (QED) is 0.559. The van der Waals surface area contributed by atoms with E-state index in [-0.39, 0.29) is 5.56 Å². The SMILES string of the molecule is NNc1cc(Cn2cnc3ccc(Br)cc3c2=O)ccn1. The molecule has 0 unspecified atom stereocenters. The molecule has 7 heteroatoms. The molecule has 3 aromatic rings. The second-order valence-electron chi connectivity index (χ2n) is 4.53. The van der Waals surface area contributed by atoms with Crippen molar-refractivity contribution in [1.82, 2.24) is 14.5 Å². The summed E-state index contributed by atoms with van der Waals surface area (Å²) in [5.41, 5.74) is 3.99. The summed E-state index contributed by atoms with van der Waals surface area (Å²) >= 11 is 3.37. The lowest BCUT2D eigenvalue weighted by Gasteiger charge is -2.08. The number of anilines is 1. The van der Waals surface area contributed by atoms with E-state index >= 15 is 0 Å². The molecule has 3 N–H and O–H groups in total. The maximum Gasteiger partial charge on any atom is 0.261 e. The van der Waals surface area contributed by atoms with Gasteiger partial charge in [-0.2, -0.15) is 0 Å². The van der Waals surface area contributed by atoms with Crippen molar-refractivity contribution in [1.29, 1.82) is 0 Å². The van der Waals surface area contributed by atoms with Crippen molar-refractivity contribution < 1.29 is 0 Å². The molecule has 0 atom stereocenters. The smallest absolute Gasteiger partial charge is 0.261 e. The van der Waals surface area contributed by atoms with Crippen molar-refractivity contribution in [2.24, 2.45) is 5.84 Å². The van der Waals surface area contributed by atoms with E-state index in [1.807, 2.05) is 18.2 Å². The van der Waals surface area contributed by atoms with Gasteiger partial charge < -0.3 is 5.43 Å². The fourth-order valence-corrected chi connectivity index (χ4v) is 2.45. The van der Waals surface area contributed by atoms with Crippen LogP contribution in [0.15, 0.2) is 52.1 Å². The highest BCUT2D eigenvalue weighted by Gasteiger charge is 2.06. The molecule has 21 heavy (non-hydrogen) atoms. The number of nitrogens with zero attached hydrogens (tertiary/aromatic N) is 3. The molecule has 2 aromatic heterocycles. The van der Waals surface area contributed by atoms with Crippen LogP contribution in [0.1, 0.15) is 5.56 Å². The highest BCUT2D eigenvalue weighted by molar-refractivity contribution is 9.10. The maximum absolute atomic E-state index is 12.5. The highest BCUT2D eigenvalue weighted by Crippen LogP contribution is 2.15. The van der Waals surface area contributed by atoms with E-state index in [1.54, 1.807) is 29.2 Å². The van der Waals surface area contributed by atoms with E-state index in [2.05, 4.69) is 31.3 Å². The van der Waals surface area contributed by atoms with Crippen LogP contribution in [0.5, 0.6) is 0 Å². The minimum Gasteiger partial charge on any atom is -0.308 e. The van der Waals surface area contributed by atoms with E-state index < -0.39 is 0 Å². The molecule has 0 aliphatic rings. The predicted molar refractivity (Wildman–Crippen MR) is 84.9 cm³/mol. The summed E-state index contributed by atoms with van der Waals surface area (Å²) in [6.07, 6.45) is 3.19. The van der Waals surface area contributed by atoms with Crippen molar-refractivity contribution in [2.45, 2.75) is 6.54 Å². The summed E-state index contributed by atoms with van der Waals surface area (Å²) in [6, 6.07) is 9.08. The van der Waals surface area contributed by atoms with Crippen molar-refractivity contribution >= 4 is 32.7 Å². The van der Waals surface area contributed by atoms with Crippen LogP contribution in [0, 0.1) is 0 Å². The van der Waals surface area contributed by atoms with Gasteiger partial charge in [-0.25, -0.2) is 15.8 Å². The van der Waals surface area contributed by atoms with Crippen LogP contribution in [0.4, 0.5) is 5.82 Å². The van der Waals surface area contributed by atoms with Crippen LogP contribution >= 0.6 is 15.9 Å². The van der Waals surface area contributed by atoms with E-state index in [0.29, 0.717) is 23.3 Å². The second kappa shape index (κ2) is 5.63. The summed E-state index contributed by atoms with van der Waals surface area (Å²) in [5, 5.41) is 0.582. The molecule has 0 saturated carbocycles. The minimum absolute atomic E-state index is 0.0830. The van der Waals surface area contributed by atoms with Crippen LogP contribution in [0.25, 0.3) is 10.9 Å². The highest BCUT2D eigenvalue weighted by atomic mass is 79.9. The van der Waals surface area contributed by atoms with Gasteiger partial charge in [-0.1, -0.05) is 15.9 Å². The Morgan fingerprint density at radius 1 is 1.24 bits per heavy atom. The fraction of sp³-hybridized carbons (Fsp3) is 0.0714. The average Bonchev–Trinajstić information content (AvgIpc) is 2.51. The van der Waals surface area contributed by atoms with Crippen molar-refractivity contribution in [3.05, 3.63) is 63.2 Å². The van der Waals surface area contributed by atoms with E-state index in [0.717, 1.165) is 10.0 Å². The third-order valence-electron chi connectivity index (χ3n) is 3.11. The summed E-state index contributed by atoms with van der Waals surface area (Å²) in [4.78, 5) is 20.8. The van der Waals surface area contributed by atoms with E-state index in [9.17, 15) is 4.79 Å². The lowest BCUT2D eigenvalue weighted by Crippen LogP contribution is -2.21. The maximum atomic E-state index is 12.5. The number of nitrogens with two attached hydrogens (primary N) is 1. The summed E-state index contributed by atoms with van der Waals surface area (Å²) in [5.74, 6) is 5.89. The van der Waals surface area contributed by atoms with Gasteiger partial charge in [0.15, 0.2) is 0 Å². The zero-order chi connectivity index (χ0) is 14.8. The Kier molecular flexibility index (Phi) is 3.68. The molecule has 0 bridgehead atoms. The van der Waals surface area contributed by atoms with Gasteiger partial charge in [-0.05, 0) is 35.9 Å². The lowest BCUT2D eigenvalue weighted by molar-refractivity contribution is 0.747. The third-order valence-corrected chi connectivity index (χ3v) is 3.60. The van der Waals surface area contributed by atoms with Gasteiger partial charge >= 0.3 is 0 Å². The van der Waals surface area contributed by atoms with Crippen molar-refractivity contribution in [3.63, 3.8) is 0 Å². The Labute approximate surface area is 128 Å². The number of halogens is 1. The molecule has 0 amide bonds. The fourth-order valence-electron chi connectivity index (χ4n) is 2.09. The summed E-state index contributed by atoms with van der Waals surface area (Å²) in [6.45, 7) is 0.408. The first kappa shape index (κ1) is 13.7. The summed E-state index contributed by atoms with van der Waals surface area (Å²) in [7, 11) is 0. The molecular formula is C14H12BrN5O. The van der Waals surface area contributed by atoms with Crippen LogP contribution in [0.3, 0.4) is 0 Å². The standard InChI is InChI=1S/C14H12BrN5O/c15-10-1-2-12-11(6-10)14(21)20(8-18-12)7-9-3-4-17-13(5-9)19-16/h1-6,8H,7,16H2,(H,17,19). The van der Waals surface area contributed by atoms with Crippen LogP contribution in [0.2, 0.25) is 0 Å². The molecule has 0 radical (unpaired) electrons. The van der Waals surface area contributed by atoms with Gasteiger partial charge in [0.05, 0.1) is 23.8 Å². The Morgan fingerprint density at radius 2 is 2.10 bits per heavy atom. The van der Waals surface area contributed by atoms with Gasteiger partial charge in [0.1, 0.15) is 5.82 Å². The number of aromatic nitrogens is 3. The molecule has 106 valence electrons. The molecule has 6 nitrogen and oxygen atoms in total. The van der Waals surface area contributed by atoms with E-state index in [4.69, 9.17) is 5.84 Å². The Bertz CT molecular complexity index is 861. The second-order valence-corrected chi connectivity index (χ2v) is 5.45. The molecule has 3 rings (SSSR count). The van der Waals surface area contributed by atoms with Gasteiger partial charge in [0.2, 0.25) is 0 Å². The number of hydrogen-bond donors (Lipinski definition) is 2. The number of rotatable bonds is 3. The molecule has 0 fully saturated rings.